The third kappa shape index (κ3) is 5.54. The van der Waals surface area contributed by atoms with Crippen molar-refractivity contribution in [3.05, 3.63) is 83.6 Å². The third-order valence-electron chi connectivity index (χ3n) is 6.99. The number of fused-ring (bicyclic) bond motifs is 1. The normalized spacial score (nSPS) is 18.3. The predicted octanol–water partition coefficient (Wildman–Crippen LogP) is 5.00. The maximum Gasteiger partial charge on any atom is 0.433 e. The molecule has 2 atom stereocenters. The van der Waals surface area contributed by atoms with Gasteiger partial charge in [-0.1, -0.05) is 18.2 Å². The van der Waals surface area contributed by atoms with Gasteiger partial charge in [0.25, 0.3) is 15.9 Å². The summed E-state index contributed by atoms with van der Waals surface area (Å²) in [6, 6.07) is 15.8. The van der Waals surface area contributed by atoms with E-state index in [1.54, 1.807) is 57.3 Å². The van der Waals surface area contributed by atoms with Crippen LogP contribution in [0.1, 0.15) is 41.5 Å². The van der Waals surface area contributed by atoms with Gasteiger partial charge >= 0.3 is 6.18 Å². The number of halogens is 3. The Balaban J connectivity index is 1.47. The molecule has 0 radical (unpaired) electrons. The molecule has 0 saturated carbocycles. The largest absolute Gasteiger partial charge is 0.485 e. The van der Waals surface area contributed by atoms with Gasteiger partial charge in [0.2, 0.25) is 0 Å². The van der Waals surface area contributed by atoms with Gasteiger partial charge in [-0.15, -0.1) is 11.3 Å². The first-order valence-electron chi connectivity index (χ1n) is 12.7. The summed E-state index contributed by atoms with van der Waals surface area (Å²) in [6.45, 7) is 3.21. The van der Waals surface area contributed by atoms with Crippen LogP contribution in [0.4, 0.5) is 18.9 Å². The van der Waals surface area contributed by atoms with E-state index in [2.05, 4.69) is 9.82 Å². The number of aromatic nitrogens is 2. The molecule has 1 aliphatic rings. The van der Waals surface area contributed by atoms with Gasteiger partial charge in [0.1, 0.15) is 33.1 Å². The van der Waals surface area contributed by atoms with Gasteiger partial charge in [0.15, 0.2) is 0 Å². The SMILES string of the molecule is CN(C(=O)c1ccc2c(c1)[C@@H](NS(=O)(=O)c1ccc(-c3cc(C(F)(F)F)n(C)n3)s1)[C@H](O)C(C)(C)O2)c1ccccc1. The van der Waals surface area contributed by atoms with Crippen molar-refractivity contribution in [2.24, 2.45) is 7.05 Å². The molecular formula is C28H27F3N4O5S2. The van der Waals surface area contributed by atoms with Crippen LogP contribution in [0.2, 0.25) is 0 Å². The minimum absolute atomic E-state index is 0.0282. The summed E-state index contributed by atoms with van der Waals surface area (Å²) in [5.41, 5.74) is -1.04. The summed E-state index contributed by atoms with van der Waals surface area (Å²) < 4.78 is 75.7. The highest BCUT2D eigenvalue weighted by Gasteiger charge is 2.45. The smallest absolute Gasteiger partial charge is 0.433 e. The number of aliphatic hydroxyl groups excluding tert-OH is 1. The number of hydrogen-bond donors (Lipinski definition) is 2. The van der Waals surface area contributed by atoms with E-state index in [0.29, 0.717) is 10.4 Å². The molecule has 2 aromatic carbocycles. The second-order valence-corrected chi connectivity index (χ2v) is 13.4. The number of carbonyl (C=O) groups excluding carboxylic acids is 1. The van der Waals surface area contributed by atoms with E-state index in [4.69, 9.17) is 4.74 Å². The highest BCUT2D eigenvalue weighted by molar-refractivity contribution is 7.91. The second-order valence-electron chi connectivity index (χ2n) is 10.4. The molecule has 2 aromatic heterocycles. The number of nitrogens with one attached hydrogen (secondary N) is 1. The van der Waals surface area contributed by atoms with E-state index in [0.717, 1.165) is 24.5 Å². The number of alkyl halides is 3. The lowest BCUT2D eigenvalue weighted by Crippen LogP contribution is -2.53. The van der Waals surface area contributed by atoms with Crippen LogP contribution in [0.5, 0.6) is 5.75 Å². The zero-order chi connectivity index (χ0) is 30.6. The van der Waals surface area contributed by atoms with Crippen molar-refractivity contribution >= 4 is 33.0 Å². The molecule has 0 saturated heterocycles. The van der Waals surface area contributed by atoms with E-state index >= 15 is 0 Å². The fourth-order valence-corrected chi connectivity index (χ4v) is 7.20. The summed E-state index contributed by atoms with van der Waals surface area (Å²) in [5.74, 6) is -0.0710. The summed E-state index contributed by atoms with van der Waals surface area (Å²) in [6.07, 6.45) is -5.98. The van der Waals surface area contributed by atoms with Crippen LogP contribution in [0, 0.1) is 0 Å². The van der Waals surface area contributed by atoms with Crippen LogP contribution in [0.25, 0.3) is 10.6 Å². The number of rotatable bonds is 6. The quantitative estimate of drug-likeness (QED) is 0.314. The average molecular weight is 621 g/mol. The number of ether oxygens (including phenoxy) is 1. The van der Waals surface area contributed by atoms with E-state index in [1.807, 2.05) is 6.07 Å². The Bertz CT molecular complexity index is 1750. The van der Waals surface area contributed by atoms with Crippen LogP contribution >= 0.6 is 11.3 Å². The second kappa shape index (κ2) is 10.5. The molecule has 0 unspecified atom stereocenters. The number of para-hydroxylation sites is 1. The van der Waals surface area contributed by atoms with Gasteiger partial charge in [-0.25, -0.2) is 13.1 Å². The highest BCUT2D eigenvalue weighted by Crippen LogP contribution is 2.42. The number of sulfonamides is 1. The maximum atomic E-state index is 13.5. The van der Waals surface area contributed by atoms with Crippen LogP contribution in [0.15, 0.2) is 70.9 Å². The Morgan fingerprint density at radius 1 is 1.12 bits per heavy atom. The van der Waals surface area contributed by atoms with Crippen molar-refractivity contribution in [1.82, 2.24) is 14.5 Å². The number of thiophene rings is 1. The molecule has 0 bridgehead atoms. The standard InChI is InChI=1S/C28H27F3N4O5S2/c1-27(2)25(36)24(18-14-16(10-11-20(18)40-27)26(37)34(3)17-8-6-5-7-9-17)33-42(38,39)23-13-12-21(41-23)19-15-22(28(29,30)31)35(4)32-19/h5-15,24-25,33,36H,1-4H3/t24-,25+/m1/s1. The Morgan fingerprint density at radius 2 is 1.81 bits per heavy atom. The predicted molar refractivity (Wildman–Crippen MR) is 151 cm³/mol. The summed E-state index contributed by atoms with van der Waals surface area (Å²) in [4.78, 5) is 14.9. The maximum absolute atomic E-state index is 13.5. The lowest BCUT2D eigenvalue weighted by Gasteiger charge is -2.42. The van der Waals surface area contributed by atoms with Crippen molar-refractivity contribution in [3.63, 3.8) is 0 Å². The first-order valence-corrected chi connectivity index (χ1v) is 15.0. The van der Waals surface area contributed by atoms with Crippen molar-refractivity contribution in [3.8, 4) is 16.3 Å². The first kappa shape index (κ1) is 29.8. The number of nitrogens with zero attached hydrogens (tertiary/aromatic N) is 3. The van der Waals surface area contributed by atoms with Crippen molar-refractivity contribution in [1.29, 1.82) is 0 Å². The molecule has 1 amide bonds. The number of hydrogen-bond acceptors (Lipinski definition) is 7. The summed E-state index contributed by atoms with van der Waals surface area (Å²) >= 11 is 0.739. The molecule has 0 fully saturated rings. The molecule has 0 spiro atoms. The van der Waals surface area contributed by atoms with Crippen LogP contribution in [-0.4, -0.2) is 48.0 Å². The molecule has 3 heterocycles. The first-order chi connectivity index (χ1) is 19.6. The molecule has 42 heavy (non-hydrogen) atoms. The Morgan fingerprint density at radius 3 is 2.45 bits per heavy atom. The van der Waals surface area contributed by atoms with Crippen LogP contribution in [-0.2, 0) is 23.2 Å². The minimum Gasteiger partial charge on any atom is -0.485 e. The zero-order valence-electron chi connectivity index (χ0n) is 22.9. The van der Waals surface area contributed by atoms with Gasteiger partial charge in [-0.2, -0.15) is 18.3 Å². The molecule has 1 aliphatic heterocycles. The van der Waals surface area contributed by atoms with Gasteiger partial charge in [0, 0.05) is 30.9 Å². The van der Waals surface area contributed by atoms with Gasteiger partial charge in [-0.05, 0) is 62.4 Å². The van der Waals surface area contributed by atoms with E-state index in [-0.39, 0.29) is 37.6 Å². The molecule has 14 heteroatoms. The zero-order valence-corrected chi connectivity index (χ0v) is 24.5. The number of carbonyl (C=O) groups is 1. The summed E-state index contributed by atoms with van der Waals surface area (Å²) in [7, 11) is -1.53. The molecule has 9 nitrogen and oxygen atoms in total. The lowest BCUT2D eigenvalue weighted by molar-refractivity contribution is -0.143. The highest BCUT2D eigenvalue weighted by atomic mass is 32.2. The monoisotopic (exact) mass is 620 g/mol. The number of amides is 1. The Kier molecular flexibility index (Phi) is 7.46. The number of aryl methyl sites for hydroxylation is 1. The number of anilines is 1. The molecular weight excluding hydrogens is 593 g/mol. The van der Waals surface area contributed by atoms with Crippen molar-refractivity contribution in [2.45, 2.75) is 42.0 Å². The fraction of sp³-hybridized carbons (Fsp3) is 0.286. The molecule has 5 rings (SSSR count). The number of aliphatic hydroxyl groups is 1. The fourth-order valence-electron chi connectivity index (χ4n) is 4.70. The van der Waals surface area contributed by atoms with Gasteiger partial charge < -0.3 is 14.7 Å². The van der Waals surface area contributed by atoms with Crippen molar-refractivity contribution < 1.29 is 36.2 Å². The van der Waals surface area contributed by atoms with E-state index < -0.39 is 39.6 Å². The third-order valence-corrected chi connectivity index (χ3v) is 10.0. The Labute approximate surface area is 244 Å². The molecule has 4 aromatic rings. The average Bonchev–Trinajstić information content (AvgIpc) is 3.58. The lowest BCUT2D eigenvalue weighted by atomic mass is 9.86. The number of benzene rings is 2. The van der Waals surface area contributed by atoms with E-state index in [9.17, 15) is 31.5 Å². The molecule has 222 valence electrons. The van der Waals surface area contributed by atoms with Crippen molar-refractivity contribution in [2.75, 3.05) is 11.9 Å². The van der Waals surface area contributed by atoms with Crippen LogP contribution < -0.4 is 14.4 Å². The Hall–Kier alpha value is -3.72. The topological polar surface area (TPSA) is 114 Å². The van der Waals surface area contributed by atoms with Crippen LogP contribution in [0.3, 0.4) is 0 Å². The summed E-state index contributed by atoms with van der Waals surface area (Å²) in [5, 5.41) is 15.1. The molecule has 0 aliphatic carbocycles. The van der Waals surface area contributed by atoms with Gasteiger partial charge in [-0.3, -0.25) is 9.48 Å². The molecule has 2 N–H and O–H groups in total. The minimum atomic E-state index is -4.62. The van der Waals surface area contributed by atoms with Gasteiger partial charge in [0.05, 0.1) is 10.9 Å². The van der Waals surface area contributed by atoms with E-state index in [1.165, 1.54) is 23.1 Å².